The number of ether oxygens (including phenoxy) is 1. The van der Waals surface area contributed by atoms with Crippen molar-refractivity contribution >= 4 is 95.9 Å². The average molecular weight is 795 g/mol. The fourth-order valence-electron chi connectivity index (χ4n) is 3.85. The number of nitrogens with one attached hydrogen (secondary N) is 2. The first-order valence-corrected chi connectivity index (χ1v) is 17.5. The molecule has 0 aliphatic heterocycles. The molecule has 0 atom stereocenters. The third-order valence-corrected chi connectivity index (χ3v) is 8.40. The molecule has 1 aromatic heterocycles. The van der Waals surface area contributed by atoms with E-state index in [1.54, 1.807) is 12.3 Å². The van der Waals surface area contributed by atoms with Crippen LogP contribution in [0.4, 0.5) is 29.0 Å². The molecule has 0 bridgehead atoms. The highest BCUT2D eigenvalue weighted by molar-refractivity contribution is 7.95. The van der Waals surface area contributed by atoms with Crippen LogP contribution in [0.2, 0.25) is 5.28 Å². The van der Waals surface area contributed by atoms with Crippen molar-refractivity contribution in [3.8, 4) is 17.7 Å². The second-order valence-corrected chi connectivity index (χ2v) is 12.9. The summed E-state index contributed by atoms with van der Waals surface area (Å²) < 4.78 is 83.9. The van der Waals surface area contributed by atoms with Crippen LogP contribution in [0.3, 0.4) is 0 Å². The lowest BCUT2D eigenvalue weighted by Crippen LogP contribution is -2.08. The third kappa shape index (κ3) is 10.4. The first-order valence-electron chi connectivity index (χ1n) is 12.6. The van der Waals surface area contributed by atoms with Crippen LogP contribution < -0.4 is 15.4 Å². The summed E-state index contributed by atoms with van der Waals surface area (Å²) in [5.41, 5.74) is -0.0880. The monoisotopic (exact) mass is 794 g/mol. The van der Waals surface area contributed by atoms with Gasteiger partial charge < -0.3 is 15.2 Å². The predicted octanol–water partition coefficient (Wildman–Crippen LogP) is 4.99. The smallest absolute Gasteiger partial charge is 0.398 e. The van der Waals surface area contributed by atoms with Gasteiger partial charge in [0.2, 0.25) is 17.2 Å². The van der Waals surface area contributed by atoms with E-state index in [9.17, 15) is 26.5 Å². The van der Waals surface area contributed by atoms with Crippen LogP contribution in [-0.2, 0) is 49.9 Å². The molecule has 0 unspecified atom stereocenters. The Hall–Kier alpha value is -4.21. The number of hydrogen-bond acceptors (Lipinski definition) is 22. The molecule has 0 radical (unpaired) electrons. The first kappa shape index (κ1) is 38.6. The number of nitrogens with zero attached hydrogens (tertiary/aromatic N) is 6. The van der Waals surface area contributed by atoms with E-state index in [1.165, 1.54) is 25.3 Å². The van der Waals surface area contributed by atoms with Crippen LogP contribution in [0, 0.1) is 11.5 Å². The molecule has 1 heterocycles. The van der Waals surface area contributed by atoms with E-state index in [1.807, 2.05) is 0 Å². The number of rotatable bonds is 17. The number of aromatic hydroxyl groups is 1. The molecule has 0 spiro atoms. The predicted molar refractivity (Wildman–Crippen MR) is 172 cm³/mol. The summed E-state index contributed by atoms with van der Waals surface area (Å²) in [7, 11) is -8.40. The zero-order valence-electron chi connectivity index (χ0n) is 24.4. The lowest BCUT2D eigenvalue weighted by molar-refractivity contribution is -0.432. The number of anilines is 3. The SMILES string of the molecule is COc1ccc(COOSCOS(=O)(=O)O)cc1N=Nc1c(SOOO)cc2c(S(=O)(=O)O)c(Nc3nc(Cl)nc(NC#N)n3)ccc2c1O. The number of aromatic nitrogens is 3. The zero-order valence-corrected chi connectivity index (χ0v) is 28.5. The molecule has 4 aromatic rings. The Labute approximate surface area is 294 Å². The van der Waals surface area contributed by atoms with E-state index >= 15 is 0 Å². The first-order chi connectivity index (χ1) is 23.7. The minimum Gasteiger partial charge on any atom is -0.505 e. The molecular formula is C23H19ClN8O14S4. The summed E-state index contributed by atoms with van der Waals surface area (Å²) in [5, 5.41) is 44.7. The van der Waals surface area contributed by atoms with Crippen LogP contribution in [-0.4, -0.2) is 64.3 Å². The van der Waals surface area contributed by atoms with Gasteiger partial charge in [0.15, 0.2) is 11.9 Å². The van der Waals surface area contributed by atoms with Gasteiger partial charge in [-0.25, -0.2) is 14.3 Å². The molecular weight excluding hydrogens is 776 g/mol. The van der Waals surface area contributed by atoms with Gasteiger partial charge in [0.1, 0.15) is 34.6 Å². The summed E-state index contributed by atoms with van der Waals surface area (Å²) in [6, 6.07) is 8.04. The number of azo groups is 1. The number of phenols is 1. The molecule has 0 aliphatic rings. The Morgan fingerprint density at radius 3 is 2.46 bits per heavy atom. The van der Waals surface area contributed by atoms with Crippen LogP contribution in [0.15, 0.2) is 56.4 Å². The maximum atomic E-state index is 12.7. The number of halogens is 1. The quantitative estimate of drug-likeness (QED) is 0.00943. The number of benzene rings is 3. The van der Waals surface area contributed by atoms with Crippen molar-refractivity contribution in [2.24, 2.45) is 10.2 Å². The molecule has 266 valence electrons. The second kappa shape index (κ2) is 17.1. The van der Waals surface area contributed by atoms with Crippen LogP contribution >= 0.6 is 35.7 Å². The maximum absolute atomic E-state index is 12.7. The Morgan fingerprint density at radius 2 is 1.78 bits per heavy atom. The van der Waals surface area contributed by atoms with Gasteiger partial charge in [0, 0.05) is 10.8 Å². The molecule has 6 N–H and O–H groups in total. The Bertz CT molecular complexity index is 2170. The number of fused-ring (bicyclic) bond motifs is 1. The Morgan fingerprint density at radius 1 is 1.02 bits per heavy atom. The fourth-order valence-corrected chi connectivity index (χ4v) is 6.14. The summed E-state index contributed by atoms with van der Waals surface area (Å²) >= 11 is 6.58. The summed E-state index contributed by atoms with van der Waals surface area (Å²) in [5.74, 6) is -1.66. The zero-order chi connectivity index (χ0) is 36.5. The molecule has 27 heteroatoms. The second-order valence-electron chi connectivity index (χ2n) is 8.74. The van der Waals surface area contributed by atoms with Gasteiger partial charge in [-0.05, 0) is 47.5 Å². The normalized spacial score (nSPS) is 11.9. The third-order valence-electron chi connectivity index (χ3n) is 5.69. The summed E-state index contributed by atoms with van der Waals surface area (Å²) in [4.78, 5) is 15.4. The molecule has 4 rings (SSSR count). The summed E-state index contributed by atoms with van der Waals surface area (Å²) in [6.45, 7) is -0.197. The van der Waals surface area contributed by atoms with E-state index in [4.69, 9.17) is 40.6 Å². The number of phenolic OH excluding ortho intramolecular Hbond substituents is 1. The topological polar surface area (TPSA) is 316 Å². The van der Waals surface area contributed by atoms with E-state index in [2.05, 4.69) is 49.4 Å². The Kier molecular flexibility index (Phi) is 13.2. The Balaban J connectivity index is 1.73. The number of methoxy groups -OCH3 is 1. The summed E-state index contributed by atoms with van der Waals surface area (Å²) in [6.07, 6.45) is 1.59. The van der Waals surface area contributed by atoms with Gasteiger partial charge in [-0.15, -0.1) is 14.6 Å². The van der Waals surface area contributed by atoms with Gasteiger partial charge in [-0.2, -0.15) is 41.4 Å². The molecule has 0 amide bonds. The lowest BCUT2D eigenvalue weighted by Gasteiger charge is -2.15. The molecule has 0 saturated carbocycles. The van der Waals surface area contributed by atoms with Crippen LogP contribution in [0.5, 0.6) is 11.5 Å². The van der Waals surface area contributed by atoms with Crippen molar-refractivity contribution in [1.29, 1.82) is 5.26 Å². The van der Waals surface area contributed by atoms with Crippen LogP contribution in [0.1, 0.15) is 5.56 Å². The van der Waals surface area contributed by atoms with Gasteiger partial charge in [0.25, 0.3) is 10.1 Å². The van der Waals surface area contributed by atoms with Crippen molar-refractivity contribution in [3.63, 3.8) is 0 Å². The van der Waals surface area contributed by atoms with Crippen molar-refractivity contribution < 1.29 is 63.8 Å². The van der Waals surface area contributed by atoms with E-state index < -0.39 is 37.1 Å². The standard InChI is InChI=1S/C23H19ClN8O14S4/c1-41-16-5-2-11(8-42-45-47-10-43-50(38,39)40)6-15(16)31-32-18-17(48-46-44-34)7-13-12(19(18)33)3-4-14(20(13)49(35,36)37)27-23-29-21(24)28-22(30-23)26-9-25/h2-7,33-34H,8,10H2,1H3,(H,35,36,37)(H,38,39,40)(H2,26,27,28,29,30). The highest BCUT2D eigenvalue weighted by Gasteiger charge is 2.25. The fraction of sp³-hybridized carbons (Fsp3) is 0.130. The molecule has 0 fully saturated rings. The van der Waals surface area contributed by atoms with Crippen molar-refractivity contribution in [2.75, 3.05) is 23.7 Å². The molecule has 0 aliphatic carbocycles. The number of nitriles is 1. The lowest BCUT2D eigenvalue weighted by atomic mass is 10.1. The number of hydrogen-bond donors (Lipinski definition) is 6. The highest BCUT2D eigenvalue weighted by Crippen LogP contribution is 2.47. The van der Waals surface area contributed by atoms with Crippen molar-refractivity contribution in [2.45, 2.75) is 16.4 Å². The highest BCUT2D eigenvalue weighted by atomic mass is 35.5. The molecule has 22 nitrogen and oxygen atoms in total. The van der Waals surface area contributed by atoms with Gasteiger partial charge in [0.05, 0.1) is 41.8 Å². The van der Waals surface area contributed by atoms with Gasteiger partial charge in [-0.3, -0.25) is 14.4 Å². The van der Waals surface area contributed by atoms with E-state index in [0.717, 1.165) is 12.1 Å². The average Bonchev–Trinajstić information content (AvgIpc) is 3.03. The minimum absolute atomic E-state index is 0.0881. The van der Waals surface area contributed by atoms with Gasteiger partial charge in [-0.1, -0.05) is 11.1 Å². The molecule has 50 heavy (non-hydrogen) atoms. The maximum Gasteiger partial charge on any atom is 0.398 e. The molecule has 0 saturated heterocycles. The van der Waals surface area contributed by atoms with E-state index in [0.29, 0.717) is 17.6 Å². The van der Waals surface area contributed by atoms with Crippen LogP contribution in [0.25, 0.3) is 10.8 Å². The van der Waals surface area contributed by atoms with Crippen molar-refractivity contribution in [1.82, 2.24) is 15.0 Å². The largest absolute Gasteiger partial charge is 0.505 e. The van der Waals surface area contributed by atoms with Crippen molar-refractivity contribution in [3.05, 3.63) is 47.2 Å². The van der Waals surface area contributed by atoms with E-state index in [-0.39, 0.29) is 74.3 Å². The molecule has 3 aromatic carbocycles. The minimum atomic E-state index is -5.08. The van der Waals surface area contributed by atoms with Gasteiger partial charge >= 0.3 is 10.4 Å².